The van der Waals surface area contributed by atoms with E-state index in [2.05, 4.69) is 43.2 Å². The Morgan fingerprint density at radius 1 is 1.20 bits per heavy atom. The Hall–Kier alpha value is -0.610. The van der Waals surface area contributed by atoms with E-state index in [-0.39, 0.29) is 11.9 Å². The molecule has 20 heavy (non-hydrogen) atoms. The van der Waals surface area contributed by atoms with Gasteiger partial charge in [0, 0.05) is 19.1 Å². The molecular formula is C16H33N3O. The number of hydrogen-bond acceptors (Lipinski definition) is 3. The highest BCUT2D eigenvalue weighted by Crippen LogP contribution is 2.15. The molecule has 118 valence electrons. The number of likely N-dealkylation sites (N-methyl/N-ethyl adjacent to an activating group) is 1. The van der Waals surface area contributed by atoms with Crippen molar-refractivity contribution in [3.63, 3.8) is 0 Å². The van der Waals surface area contributed by atoms with E-state index in [1.807, 2.05) is 0 Å². The first-order valence-corrected chi connectivity index (χ1v) is 8.15. The van der Waals surface area contributed by atoms with Crippen LogP contribution >= 0.6 is 0 Å². The van der Waals surface area contributed by atoms with Crippen LogP contribution in [0.5, 0.6) is 0 Å². The molecule has 0 aliphatic carbocycles. The molecule has 2 atom stereocenters. The summed E-state index contributed by atoms with van der Waals surface area (Å²) in [6.45, 7) is 11.2. The highest BCUT2D eigenvalue weighted by molar-refractivity contribution is 5.81. The average Bonchev–Trinajstić information content (AvgIpc) is 2.62. The Balaban J connectivity index is 2.53. The summed E-state index contributed by atoms with van der Waals surface area (Å²) in [6, 6.07) is 1.05. The first-order valence-electron chi connectivity index (χ1n) is 8.15. The molecular weight excluding hydrogens is 250 g/mol. The molecule has 4 nitrogen and oxygen atoms in total. The average molecular weight is 283 g/mol. The number of nitrogens with zero attached hydrogens (tertiary/aromatic N) is 1. The standard InChI is InChI=1S/C16H33N3O/c1-12(2)11-15(16(20)17-5)18-14-7-6-9-19(10-8-14)13(3)4/h12-15,18H,6-11H2,1-5H3,(H,17,20). The summed E-state index contributed by atoms with van der Waals surface area (Å²) in [5.74, 6) is 0.659. The molecule has 2 unspecified atom stereocenters. The molecule has 0 spiro atoms. The molecule has 1 amide bonds. The summed E-state index contributed by atoms with van der Waals surface area (Å²) in [6.07, 6.45) is 4.45. The highest BCUT2D eigenvalue weighted by atomic mass is 16.2. The number of carbonyl (C=O) groups excluding carboxylic acids is 1. The van der Waals surface area contributed by atoms with Gasteiger partial charge in [-0.15, -0.1) is 0 Å². The SMILES string of the molecule is CNC(=O)C(CC(C)C)NC1CCCN(C(C)C)CC1. The zero-order valence-corrected chi connectivity index (χ0v) is 13.9. The van der Waals surface area contributed by atoms with Crippen molar-refractivity contribution in [2.24, 2.45) is 5.92 Å². The Kier molecular flexibility index (Phi) is 7.52. The maximum atomic E-state index is 12.0. The van der Waals surface area contributed by atoms with Gasteiger partial charge in [-0.1, -0.05) is 13.8 Å². The van der Waals surface area contributed by atoms with Crippen LogP contribution < -0.4 is 10.6 Å². The van der Waals surface area contributed by atoms with E-state index in [1.165, 1.54) is 19.4 Å². The van der Waals surface area contributed by atoms with Crippen LogP contribution in [0.15, 0.2) is 0 Å². The summed E-state index contributed by atoms with van der Waals surface area (Å²) >= 11 is 0. The maximum Gasteiger partial charge on any atom is 0.236 e. The molecule has 2 N–H and O–H groups in total. The van der Waals surface area contributed by atoms with Gasteiger partial charge in [0.1, 0.15) is 0 Å². The highest BCUT2D eigenvalue weighted by Gasteiger charge is 2.24. The first-order chi connectivity index (χ1) is 9.43. The molecule has 0 aromatic rings. The molecule has 0 radical (unpaired) electrons. The smallest absolute Gasteiger partial charge is 0.236 e. The minimum atomic E-state index is -0.0457. The van der Waals surface area contributed by atoms with Gasteiger partial charge in [-0.05, 0) is 58.5 Å². The fourth-order valence-electron chi connectivity index (χ4n) is 2.98. The molecule has 1 fully saturated rings. The van der Waals surface area contributed by atoms with Gasteiger partial charge in [-0.3, -0.25) is 4.79 Å². The molecule has 1 saturated heterocycles. The van der Waals surface area contributed by atoms with Crippen molar-refractivity contribution in [2.75, 3.05) is 20.1 Å². The number of amides is 1. The van der Waals surface area contributed by atoms with Crippen molar-refractivity contribution >= 4 is 5.91 Å². The quantitative estimate of drug-likeness (QED) is 0.783. The summed E-state index contributed by atoms with van der Waals surface area (Å²) in [7, 11) is 1.73. The largest absolute Gasteiger partial charge is 0.358 e. The van der Waals surface area contributed by atoms with Crippen molar-refractivity contribution in [3.05, 3.63) is 0 Å². The van der Waals surface area contributed by atoms with Gasteiger partial charge in [-0.2, -0.15) is 0 Å². The van der Waals surface area contributed by atoms with Gasteiger partial charge in [0.2, 0.25) is 5.91 Å². The van der Waals surface area contributed by atoms with E-state index in [0.717, 1.165) is 19.4 Å². The third-order valence-electron chi connectivity index (χ3n) is 4.20. The lowest BCUT2D eigenvalue weighted by Crippen LogP contribution is -2.48. The van der Waals surface area contributed by atoms with Gasteiger partial charge in [0.15, 0.2) is 0 Å². The van der Waals surface area contributed by atoms with E-state index in [1.54, 1.807) is 7.05 Å². The van der Waals surface area contributed by atoms with Gasteiger partial charge in [-0.25, -0.2) is 0 Å². The zero-order chi connectivity index (χ0) is 15.1. The molecule has 0 aromatic carbocycles. The van der Waals surface area contributed by atoms with Crippen LogP contribution in [-0.4, -0.2) is 49.1 Å². The number of rotatable bonds is 6. The minimum absolute atomic E-state index is 0.0457. The molecule has 0 bridgehead atoms. The summed E-state index contributed by atoms with van der Waals surface area (Å²) < 4.78 is 0. The topological polar surface area (TPSA) is 44.4 Å². The van der Waals surface area contributed by atoms with E-state index >= 15 is 0 Å². The Bertz CT molecular complexity index is 291. The van der Waals surface area contributed by atoms with Gasteiger partial charge in [0.25, 0.3) is 0 Å². The van der Waals surface area contributed by atoms with Crippen molar-refractivity contribution in [1.29, 1.82) is 0 Å². The van der Waals surface area contributed by atoms with Gasteiger partial charge in [0.05, 0.1) is 6.04 Å². The Labute approximate surface area is 124 Å². The lowest BCUT2D eigenvalue weighted by Gasteiger charge is -2.26. The second kappa shape index (κ2) is 8.63. The van der Waals surface area contributed by atoms with Crippen LogP contribution in [-0.2, 0) is 4.79 Å². The van der Waals surface area contributed by atoms with E-state index in [4.69, 9.17) is 0 Å². The lowest BCUT2D eigenvalue weighted by molar-refractivity contribution is -0.123. The van der Waals surface area contributed by atoms with Crippen LogP contribution in [0.25, 0.3) is 0 Å². The summed E-state index contributed by atoms with van der Waals surface area (Å²) in [4.78, 5) is 14.5. The van der Waals surface area contributed by atoms with Gasteiger partial charge < -0.3 is 15.5 Å². The first kappa shape index (κ1) is 17.4. The van der Waals surface area contributed by atoms with Crippen molar-refractivity contribution in [1.82, 2.24) is 15.5 Å². The number of hydrogen-bond donors (Lipinski definition) is 2. The molecule has 0 aromatic heterocycles. The molecule has 1 aliphatic heterocycles. The summed E-state index contributed by atoms with van der Waals surface area (Å²) in [5, 5.41) is 6.39. The number of likely N-dealkylation sites (tertiary alicyclic amines) is 1. The van der Waals surface area contributed by atoms with E-state index < -0.39 is 0 Å². The number of carbonyl (C=O) groups is 1. The van der Waals surface area contributed by atoms with Crippen molar-refractivity contribution in [2.45, 2.75) is 71.5 Å². The van der Waals surface area contributed by atoms with Crippen LogP contribution in [0, 0.1) is 5.92 Å². The minimum Gasteiger partial charge on any atom is -0.358 e. The van der Waals surface area contributed by atoms with Crippen LogP contribution in [0.4, 0.5) is 0 Å². The number of nitrogens with one attached hydrogen (secondary N) is 2. The van der Waals surface area contributed by atoms with E-state index in [9.17, 15) is 4.79 Å². The predicted molar refractivity (Wildman–Crippen MR) is 84.8 cm³/mol. The van der Waals surface area contributed by atoms with Gasteiger partial charge >= 0.3 is 0 Å². The molecule has 1 aliphatic rings. The second-order valence-corrected chi connectivity index (χ2v) is 6.72. The molecule has 1 rings (SSSR count). The zero-order valence-electron chi connectivity index (χ0n) is 13.9. The maximum absolute atomic E-state index is 12.0. The Morgan fingerprint density at radius 2 is 1.90 bits per heavy atom. The third kappa shape index (κ3) is 5.80. The Morgan fingerprint density at radius 3 is 2.45 bits per heavy atom. The third-order valence-corrected chi connectivity index (χ3v) is 4.20. The second-order valence-electron chi connectivity index (χ2n) is 6.72. The molecule has 1 heterocycles. The van der Waals surface area contributed by atoms with Crippen molar-refractivity contribution < 1.29 is 4.79 Å². The van der Waals surface area contributed by atoms with Crippen LogP contribution in [0.2, 0.25) is 0 Å². The molecule has 4 heteroatoms. The fourth-order valence-corrected chi connectivity index (χ4v) is 2.98. The van der Waals surface area contributed by atoms with Crippen molar-refractivity contribution in [3.8, 4) is 0 Å². The van der Waals surface area contributed by atoms with Crippen LogP contribution in [0.1, 0.15) is 53.4 Å². The normalized spacial score (nSPS) is 22.9. The monoisotopic (exact) mass is 283 g/mol. The van der Waals surface area contributed by atoms with E-state index in [0.29, 0.717) is 18.0 Å². The van der Waals surface area contributed by atoms with Crippen LogP contribution in [0.3, 0.4) is 0 Å². The molecule has 0 saturated carbocycles. The summed E-state index contributed by atoms with van der Waals surface area (Å²) in [5.41, 5.74) is 0. The predicted octanol–water partition coefficient (Wildman–Crippen LogP) is 2.00. The lowest BCUT2D eigenvalue weighted by atomic mass is 10.0. The fraction of sp³-hybridized carbons (Fsp3) is 0.938.